The Labute approximate surface area is 206 Å². The third kappa shape index (κ3) is 4.33. The number of rotatable bonds is 5. The summed E-state index contributed by atoms with van der Waals surface area (Å²) in [5.74, 6) is 2.00. The van der Waals surface area contributed by atoms with Crippen molar-refractivity contribution in [3.05, 3.63) is 83.5 Å². The van der Waals surface area contributed by atoms with E-state index in [1.54, 1.807) is 7.11 Å². The molecule has 4 nitrogen and oxygen atoms in total. The van der Waals surface area contributed by atoms with Crippen LogP contribution in [0.15, 0.2) is 72.9 Å². The van der Waals surface area contributed by atoms with E-state index in [-0.39, 0.29) is 12.4 Å². The lowest BCUT2D eigenvalue weighted by molar-refractivity contribution is -0.675. The molecule has 3 aromatic carbocycles. The highest BCUT2D eigenvalue weighted by Crippen LogP contribution is 2.32. The van der Waals surface area contributed by atoms with Crippen LogP contribution in [-0.4, -0.2) is 18.2 Å². The number of imidazole rings is 1. The van der Waals surface area contributed by atoms with E-state index in [0.29, 0.717) is 0 Å². The van der Waals surface area contributed by atoms with E-state index < -0.39 is 0 Å². The van der Waals surface area contributed by atoms with E-state index in [2.05, 4.69) is 70.0 Å². The number of aryl methyl sites for hydroxylation is 1. The number of nitrogens with one attached hydrogen (secondary N) is 1. The van der Waals surface area contributed by atoms with Gasteiger partial charge in [0.2, 0.25) is 0 Å². The first-order chi connectivity index (χ1) is 15.7. The molecule has 1 aromatic heterocycles. The molecule has 1 aliphatic rings. The van der Waals surface area contributed by atoms with Gasteiger partial charge >= 0.3 is 5.95 Å². The van der Waals surface area contributed by atoms with E-state index in [4.69, 9.17) is 16.3 Å². The topological polar surface area (TPSA) is 30.1 Å². The molecule has 170 valence electrons. The molecule has 0 spiro atoms. The molecule has 0 aliphatic carbocycles. The Morgan fingerprint density at radius 3 is 2.58 bits per heavy atom. The lowest BCUT2D eigenvalue weighted by Gasteiger charge is -2.14. The molecule has 4 aromatic rings. The molecule has 0 radical (unpaired) electrons. The summed E-state index contributed by atoms with van der Waals surface area (Å²) < 4.78 is 10.2. The van der Waals surface area contributed by atoms with Crippen molar-refractivity contribution in [3.63, 3.8) is 0 Å². The number of aromatic nitrogens is 2. The van der Waals surface area contributed by atoms with Gasteiger partial charge in [0.15, 0.2) is 0 Å². The van der Waals surface area contributed by atoms with Crippen LogP contribution in [0.2, 0.25) is 5.02 Å². The van der Waals surface area contributed by atoms with Crippen LogP contribution in [-0.2, 0) is 13.0 Å². The Hall–Kier alpha value is -2.95. The minimum Gasteiger partial charge on any atom is -1.00 e. The Balaban J connectivity index is 0.00000259. The molecule has 2 heterocycles. The van der Waals surface area contributed by atoms with Crippen molar-refractivity contribution in [2.24, 2.45) is 0 Å². The van der Waals surface area contributed by atoms with Gasteiger partial charge in [0.1, 0.15) is 23.3 Å². The summed E-state index contributed by atoms with van der Waals surface area (Å²) in [4.78, 5) is 0. The maximum atomic E-state index is 6.28. The fourth-order valence-corrected chi connectivity index (χ4v) is 4.74. The quantitative estimate of drug-likeness (QED) is 0.445. The predicted molar refractivity (Wildman–Crippen MR) is 131 cm³/mol. The van der Waals surface area contributed by atoms with Gasteiger partial charge in [-0.15, -0.1) is 0 Å². The van der Waals surface area contributed by atoms with Crippen LogP contribution in [0, 0.1) is 0 Å². The molecule has 0 unspecified atom stereocenters. The van der Waals surface area contributed by atoms with Crippen LogP contribution in [0.3, 0.4) is 0 Å². The molecule has 0 bridgehead atoms. The molecule has 6 heteroatoms. The number of ether oxygens (including phenoxy) is 1. The highest BCUT2D eigenvalue weighted by molar-refractivity contribution is 6.30. The summed E-state index contributed by atoms with van der Waals surface area (Å²) in [6, 6.07) is 23.0. The number of methoxy groups -OCH3 is 1. The highest BCUT2D eigenvalue weighted by Gasteiger charge is 2.28. The van der Waals surface area contributed by atoms with Crippen LogP contribution < -0.4 is 27.0 Å². The SMILES string of the molecule is CCc1cc(Cl)ccc1-c1cn(-c2ccc(-c3ccccc3OC)cc2)c2[n+]1CCCN2.[Cl-]. The van der Waals surface area contributed by atoms with Crippen molar-refractivity contribution in [1.29, 1.82) is 0 Å². The molecule has 0 saturated heterocycles. The zero-order valence-corrected chi connectivity index (χ0v) is 20.3. The molecule has 0 saturated carbocycles. The van der Waals surface area contributed by atoms with Gasteiger partial charge in [-0.05, 0) is 53.9 Å². The van der Waals surface area contributed by atoms with Gasteiger partial charge in [-0.25, -0.2) is 9.13 Å². The zero-order valence-electron chi connectivity index (χ0n) is 18.8. The average Bonchev–Trinajstić information content (AvgIpc) is 3.23. The fourth-order valence-electron chi connectivity index (χ4n) is 4.54. The predicted octanol–water partition coefficient (Wildman–Crippen LogP) is 3.14. The third-order valence-electron chi connectivity index (χ3n) is 6.16. The molecule has 5 rings (SSSR count). The summed E-state index contributed by atoms with van der Waals surface area (Å²) in [6.07, 6.45) is 4.29. The van der Waals surface area contributed by atoms with Crippen LogP contribution in [0.25, 0.3) is 28.1 Å². The van der Waals surface area contributed by atoms with E-state index >= 15 is 0 Å². The van der Waals surface area contributed by atoms with Crippen molar-refractivity contribution in [1.82, 2.24) is 4.57 Å². The Morgan fingerprint density at radius 2 is 1.82 bits per heavy atom. The number of hydrogen-bond donors (Lipinski definition) is 1. The second-order valence-corrected chi connectivity index (χ2v) is 8.48. The van der Waals surface area contributed by atoms with Crippen LogP contribution in [0.1, 0.15) is 18.9 Å². The molecule has 33 heavy (non-hydrogen) atoms. The van der Waals surface area contributed by atoms with E-state index in [1.807, 2.05) is 24.3 Å². The van der Waals surface area contributed by atoms with Gasteiger partial charge in [0.05, 0.1) is 20.2 Å². The molecule has 0 atom stereocenters. The van der Waals surface area contributed by atoms with Crippen molar-refractivity contribution >= 4 is 17.5 Å². The second kappa shape index (κ2) is 9.90. The highest BCUT2D eigenvalue weighted by atomic mass is 35.5. The summed E-state index contributed by atoms with van der Waals surface area (Å²) in [7, 11) is 1.71. The maximum absolute atomic E-state index is 6.28. The van der Waals surface area contributed by atoms with Crippen LogP contribution in [0.5, 0.6) is 5.75 Å². The number of para-hydroxylation sites is 1. The van der Waals surface area contributed by atoms with Gasteiger partial charge in [-0.1, -0.05) is 48.9 Å². The molecular formula is C27H27Cl2N3O. The van der Waals surface area contributed by atoms with Crippen LogP contribution >= 0.6 is 11.6 Å². The Bertz CT molecular complexity index is 1270. The molecular weight excluding hydrogens is 453 g/mol. The van der Waals surface area contributed by atoms with Crippen molar-refractivity contribution in [2.75, 3.05) is 19.0 Å². The maximum Gasteiger partial charge on any atom is 0.362 e. The van der Waals surface area contributed by atoms with Gasteiger partial charge in [0.25, 0.3) is 0 Å². The molecule has 1 N–H and O–H groups in total. The number of halogens is 2. The summed E-state index contributed by atoms with van der Waals surface area (Å²) in [5.41, 5.74) is 7.08. The van der Waals surface area contributed by atoms with Crippen molar-refractivity contribution in [3.8, 4) is 33.8 Å². The monoisotopic (exact) mass is 479 g/mol. The van der Waals surface area contributed by atoms with E-state index in [9.17, 15) is 0 Å². The zero-order chi connectivity index (χ0) is 22.1. The van der Waals surface area contributed by atoms with Gasteiger partial charge < -0.3 is 17.1 Å². The summed E-state index contributed by atoms with van der Waals surface area (Å²) in [6.45, 7) is 4.15. The Kier molecular flexibility index (Phi) is 6.96. The lowest BCUT2D eigenvalue weighted by Crippen LogP contribution is -3.00. The van der Waals surface area contributed by atoms with Gasteiger partial charge in [-0.2, -0.15) is 0 Å². The minimum absolute atomic E-state index is 0. The first-order valence-corrected chi connectivity index (χ1v) is 11.5. The van der Waals surface area contributed by atoms with Crippen molar-refractivity contribution in [2.45, 2.75) is 26.3 Å². The normalized spacial score (nSPS) is 12.5. The summed E-state index contributed by atoms with van der Waals surface area (Å²) in [5, 5.41) is 4.40. The number of nitrogens with zero attached hydrogens (tertiary/aromatic N) is 2. The van der Waals surface area contributed by atoms with Crippen molar-refractivity contribution < 1.29 is 21.7 Å². The number of benzene rings is 3. The number of fused-ring (bicyclic) bond motifs is 1. The molecule has 0 fully saturated rings. The largest absolute Gasteiger partial charge is 1.00 e. The van der Waals surface area contributed by atoms with Crippen LogP contribution in [0.4, 0.5) is 5.95 Å². The smallest absolute Gasteiger partial charge is 0.362 e. The third-order valence-corrected chi connectivity index (χ3v) is 6.39. The minimum atomic E-state index is 0. The average molecular weight is 480 g/mol. The first-order valence-electron chi connectivity index (χ1n) is 11.1. The number of anilines is 1. The van der Waals surface area contributed by atoms with E-state index in [1.165, 1.54) is 16.8 Å². The van der Waals surface area contributed by atoms with Gasteiger partial charge in [0, 0.05) is 22.6 Å². The standard InChI is InChI=1S/C27H26ClN3O.ClH/c1-3-19-17-21(28)11-14-23(19)25-18-31(27-29-15-6-16-30(25)27)22-12-9-20(10-13-22)24-7-4-5-8-26(24)32-2;/h4-5,7-14,17-18H,3,6,15-16H2,1-2H3;1H. The second-order valence-electron chi connectivity index (χ2n) is 8.04. The number of hydrogen-bond acceptors (Lipinski definition) is 2. The summed E-state index contributed by atoms with van der Waals surface area (Å²) >= 11 is 6.28. The molecule has 0 amide bonds. The first kappa shape index (κ1) is 23.2. The van der Waals surface area contributed by atoms with E-state index in [0.717, 1.165) is 59.5 Å². The fraction of sp³-hybridized carbons (Fsp3) is 0.222. The lowest BCUT2D eigenvalue weighted by atomic mass is 10.0. The Morgan fingerprint density at radius 1 is 1.03 bits per heavy atom. The molecule has 1 aliphatic heterocycles. The van der Waals surface area contributed by atoms with Gasteiger partial charge in [-0.3, -0.25) is 5.32 Å².